The van der Waals surface area contributed by atoms with Crippen molar-refractivity contribution in [1.82, 2.24) is 10.0 Å². The number of carbonyl (C=O) groups excluding carboxylic acids is 1. The summed E-state index contributed by atoms with van der Waals surface area (Å²) in [7, 11) is -3.12. The highest BCUT2D eigenvalue weighted by Crippen LogP contribution is 2.01. The Morgan fingerprint density at radius 1 is 0.905 bits per heavy atom. The molecule has 0 atom stereocenters. The standard InChI is InChI=1S/C13H26N2O5S/c1-21(19,20)15-11-7-2-4-8-12(16)14-10-6-3-5-9-13(17)18/h15H,2-11H2,1H3,(H,14,16)(H,17,18). The molecule has 0 bridgehead atoms. The van der Waals surface area contributed by atoms with E-state index in [2.05, 4.69) is 10.0 Å². The fraction of sp³-hybridized carbons (Fsp3) is 0.846. The second kappa shape index (κ2) is 11.5. The minimum absolute atomic E-state index is 0.00990. The van der Waals surface area contributed by atoms with Gasteiger partial charge in [-0.3, -0.25) is 9.59 Å². The monoisotopic (exact) mass is 322 g/mol. The van der Waals surface area contributed by atoms with Gasteiger partial charge in [-0.2, -0.15) is 0 Å². The van der Waals surface area contributed by atoms with Crippen molar-refractivity contribution in [2.45, 2.75) is 51.4 Å². The van der Waals surface area contributed by atoms with E-state index in [0.717, 1.165) is 38.4 Å². The summed E-state index contributed by atoms with van der Waals surface area (Å²) in [6, 6.07) is 0. The Bertz CT molecular complexity index is 409. The molecule has 0 rings (SSSR count). The summed E-state index contributed by atoms with van der Waals surface area (Å²) >= 11 is 0. The quantitative estimate of drug-likeness (QED) is 0.435. The van der Waals surface area contributed by atoms with Crippen molar-refractivity contribution in [2.24, 2.45) is 0 Å². The van der Waals surface area contributed by atoms with Crippen LogP contribution in [0.5, 0.6) is 0 Å². The largest absolute Gasteiger partial charge is 0.481 e. The summed E-state index contributed by atoms with van der Waals surface area (Å²) < 4.78 is 24.0. The lowest BCUT2D eigenvalue weighted by molar-refractivity contribution is -0.137. The molecule has 0 heterocycles. The van der Waals surface area contributed by atoms with E-state index < -0.39 is 16.0 Å². The first-order valence-corrected chi connectivity index (χ1v) is 9.13. The van der Waals surface area contributed by atoms with E-state index in [9.17, 15) is 18.0 Å². The van der Waals surface area contributed by atoms with Gasteiger partial charge in [0.25, 0.3) is 0 Å². The van der Waals surface area contributed by atoms with Gasteiger partial charge in [-0.05, 0) is 25.7 Å². The lowest BCUT2D eigenvalue weighted by atomic mass is 10.1. The Morgan fingerprint density at radius 3 is 2.05 bits per heavy atom. The molecule has 3 N–H and O–H groups in total. The van der Waals surface area contributed by atoms with Crippen LogP contribution in [-0.4, -0.2) is 44.7 Å². The third kappa shape index (κ3) is 16.8. The zero-order chi connectivity index (χ0) is 16.1. The summed E-state index contributed by atoms with van der Waals surface area (Å²) in [6.45, 7) is 0.984. The first-order valence-electron chi connectivity index (χ1n) is 7.24. The highest BCUT2D eigenvalue weighted by molar-refractivity contribution is 7.88. The molecule has 0 fully saturated rings. The summed E-state index contributed by atoms with van der Waals surface area (Å²) in [6.07, 6.45) is 6.21. The van der Waals surface area contributed by atoms with Crippen molar-refractivity contribution in [3.8, 4) is 0 Å². The van der Waals surface area contributed by atoms with Gasteiger partial charge in [-0.15, -0.1) is 0 Å². The summed E-state index contributed by atoms with van der Waals surface area (Å²) in [5.41, 5.74) is 0. The van der Waals surface area contributed by atoms with Gasteiger partial charge >= 0.3 is 5.97 Å². The molecule has 124 valence electrons. The molecule has 0 radical (unpaired) electrons. The van der Waals surface area contributed by atoms with Crippen molar-refractivity contribution in [3.05, 3.63) is 0 Å². The fourth-order valence-electron chi connectivity index (χ4n) is 1.74. The maximum atomic E-state index is 11.5. The molecule has 0 aliphatic carbocycles. The molecular formula is C13H26N2O5S. The van der Waals surface area contributed by atoms with Gasteiger partial charge in [-0.25, -0.2) is 13.1 Å². The summed E-state index contributed by atoms with van der Waals surface area (Å²) in [5, 5.41) is 11.2. The summed E-state index contributed by atoms with van der Waals surface area (Å²) in [4.78, 5) is 21.7. The lowest BCUT2D eigenvalue weighted by Gasteiger charge is -2.05. The van der Waals surface area contributed by atoms with Crippen LogP contribution in [0.15, 0.2) is 0 Å². The molecule has 0 aromatic carbocycles. The molecule has 0 aromatic heterocycles. The fourth-order valence-corrected chi connectivity index (χ4v) is 2.25. The molecule has 8 heteroatoms. The number of nitrogens with one attached hydrogen (secondary N) is 2. The highest BCUT2D eigenvalue weighted by Gasteiger charge is 2.02. The van der Waals surface area contributed by atoms with Gasteiger partial charge in [0.05, 0.1) is 6.26 Å². The maximum Gasteiger partial charge on any atom is 0.303 e. The van der Waals surface area contributed by atoms with E-state index in [-0.39, 0.29) is 12.3 Å². The predicted molar refractivity (Wildman–Crippen MR) is 80.4 cm³/mol. The second-order valence-electron chi connectivity index (χ2n) is 5.03. The number of hydrogen-bond acceptors (Lipinski definition) is 4. The average Bonchev–Trinajstić information content (AvgIpc) is 2.36. The van der Waals surface area contributed by atoms with Gasteiger partial charge in [0.2, 0.25) is 15.9 Å². The number of rotatable bonds is 13. The molecule has 7 nitrogen and oxygen atoms in total. The minimum atomic E-state index is -3.12. The molecule has 0 saturated carbocycles. The van der Waals surface area contributed by atoms with Crippen LogP contribution in [0, 0.1) is 0 Å². The Hall–Kier alpha value is -1.15. The van der Waals surface area contributed by atoms with E-state index in [1.165, 1.54) is 0 Å². The first kappa shape index (κ1) is 19.9. The molecule has 1 amide bonds. The second-order valence-corrected chi connectivity index (χ2v) is 6.86. The van der Waals surface area contributed by atoms with Gasteiger partial charge in [0.1, 0.15) is 0 Å². The Morgan fingerprint density at radius 2 is 1.48 bits per heavy atom. The van der Waals surface area contributed by atoms with E-state index >= 15 is 0 Å². The van der Waals surface area contributed by atoms with Crippen LogP contribution >= 0.6 is 0 Å². The Labute approximate surface area is 126 Å². The van der Waals surface area contributed by atoms with Gasteiger partial charge < -0.3 is 10.4 Å². The first-order chi connectivity index (χ1) is 9.81. The predicted octanol–water partition coefficient (Wildman–Crippen LogP) is 0.857. The third-order valence-electron chi connectivity index (χ3n) is 2.83. The Kier molecular flexibility index (Phi) is 10.9. The van der Waals surface area contributed by atoms with E-state index in [1.54, 1.807) is 0 Å². The lowest BCUT2D eigenvalue weighted by Crippen LogP contribution is -2.24. The van der Waals surface area contributed by atoms with Crippen molar-refractivity contribution >= 4 is 21.9 Å². The van der Waals surface area contributed by atoms with Gasteiger partial charge in [0, 0.05) is 25.9 Å². The minimum Gasteiger partial charge on any atom is -0.481 e. The summed E-state index contributed by atoms with van der Waals surface area (Å²) in [5.74, 6) is -0.797. The Balaban J connectivity index is 3.33. The number of sulfonamides is 1. The number of carbonyl (C=O) groups is 2. The topological polar surface area (TPSA) is 113 Å². The van der Waals surface area contributed by atoms with E-state index in [4.69, 9.17) is 5.11 Å². The van der Waals surface area contributed by atoms with Crippen LogP contribution in [0.4, 0.5) is 0 Å². The zero-order valence-electron chi connectivity index (χ0n) is 12.6. The molecule has 0 aromatic rings. The molecule has 21 heavy (non-hydrogen) atoms. The number of unbranched alkanes of at least 4 members (excludes halogenated alkanes) is 4. The van der Waals surface area contributed by atoms with Crippen LogP contribution in [0.1, 0.15) is 51.4 Å². The van der Waals surface area contributed by atoms with Crippen LogP contribution in [-0.2, 0) is 19.6 Å². The van der Waals surface area contributed by atoms with Gasteiger partial charge in [-0.1, -0.05) is 12.8 Å². The number of carboxylic acids is 1. The third-order valence-corrected chi connectivity index (χ3v) is 3.56. The van der Waals surface area contributed by atoms with Crippen LogP contribution in [0.25, 0.3) is 0 Å². The van der Waals surface area contributed by atoms with E-state index in [0.29, 0.717) is 25.9 Å². The van der Waals surface area contributed by atoms with Crippen molar-refractivity contribution in [3.63, 3.8) is 0 Å². The molecule has 0 aliphatic heterocycles. The number of hydrogen-bond donors (Lipinski definition) is 3. The number of amides is 1. The average molecular weight is 322 g/mol. The highest BCUT2D eigenvalue weighted by atomic mass is 32.2. The SMILES string of the molecule is CS(=O)(=O)NCCCCCC(=O)NCCCCCC(=O)O. The van der Waals surface area contributed by atoms with E-state index in [1.807, 2.05) is 0 Å². The maximum absolute atomic E-state index is 11.5. The zero-order valence-corrected chi connectivity index (χ0v) is 13.4. The van der Waals surface area contributed by atoms with Crippen LogP contribution < -0.4 is 10.0 Å². The van der Waals surface area contributed by atoms with Crippen molar-refractivity contribution in [2.75, 3.05) is 19.3 Å². The smallest absolute Gasteiger partial charge is 0.303 e. The van der Waals surface area contributed by atoms with Crippen LogP contribution in [0.3, 0.4) is 0 Å². The van der Waals surface area contributed by atoms with Crippen molar-refractivity contribution in [1.29, 1.82) is 0 Å². The molecule has 0 saturated heterocycles. The molecule has 0 spiro atoms. The molecule has 0 unspecified atom stereocenters. The van der Waals surface area contributed by atoms with Crippen LogP contribution in [0.2, 0.25) is 0 Å². The van der Waals surface area contributed by atoms with Gasteiger partial charge in [0.15, 0.2) is 0 Å². The number of carboxylic acid groups (broad SMARTS) is 1. The molecular weight excluding hydrogens is 296 g/mol. The van der Waals surface area contributed by atoms with Crippen molar-refractivity contribution < 1.29 is 23.1 Å². The number of aliphatic carboxylic acids is 1. The normalized spacial score (nSPS) is 11.3. The molecule has 0 aliphatic rings.